The van der Waals surface area contributed by atoms with E-state index in [1.54, 1.807) is 20.8 Å². The van der Waals surface area contributed by atoms with Crippen molar-refractivity contribution in [1.29, 1.82) is 0 Å². The minimum Gasteiger partial charge on any atom is -0.442 e. The molecular weight excluding hydrogens is 206 g/mol. The number of nitrogens with zero attached hydrogens (tertiary/aromatic N) is 1. The summed E-state index contributed by atoms with van der Waals surface area (Å²) in [4.78, 5) is 11.6. The van der Waals surface area contributed by atoms with E-state index in [2.05, 4.69) is 0 Å². The van der Waals surface area contributed by atoms with Gasteiger partial charge < -0.3 is 4.74 Å². The van der Waals surface area contributed by atoms with Crippen LogP contribution in [0, 0.1) is 5.92 Å². The van der Waals surface area contributed by atoms with E-state index in [1.807, 2.05) is 19.1 Å². The van der Waals surface area contributed by atoms with Crippen LogP contribution >= 0.6 is 0 Å². The lowest BCUT2D eigenvalue weighted by Crippen LogP contribution is -2.43. The summed E-state index contributed by atoms with van der Waals surface area (Å²) in [6.07, 6.45) is 4.96. The van der Waals surface area contributed by atoms with Crippen LogP contribution < -0.4 is 0 Å². The molecule has 2 atom stereocenters. The predicted octanol–water partition coefficient (Wildman–Crippen LogP) is 2.97. The van der Waals surface area contributed by atoms with Crippen molar-refractivity contribution in [3.8, 4) is 0 Å². The summed E-state index contributed by atoms with van der Waals surface area (Å²) in [5.41, 5.74) is -0.578. The maximum absolute atomic E-state index is 11.6. The van der Waals surface area contributed by atoms with Crippen LogP contribution in [0.25, 0.3) is 0 Å². The van der Waals surface area contributed by atoms with Crippen LogP contribution in [0.15, 0.2) is 12.2 Å². The van der Waals surface area contributed by atoms with Crippen molar-refractivity contribution in [3.05, 3.63) is 12.2 Å². The molecule has 4 heteroatoms. The molecule has 0 saturated carbocycles. The monoisotopic (exact) mass is 227 g/mol. The smallest absolute Gasteiger partial charge is 0.434 e. The minimum absolute atomic E-state index is 0.181. The first kappa shape index (κ1) is 13.0. The van der Waals surface area contributed by atoms with Gasteiger partial charge in [0.1, 0.15) is 5.60 Å². The fourth-order valence-electron chi connectivity index (χ4n) is 1.83. The van der Waals surface area contributed by atoms with Crippen LogP contribution in [0.2, 0.25) is 0 Å². The van der Waals surface area contributed by atoms with Gasteiger partial charge in [-0.05, 0) is 39.5 Å². The number of hydrogen-bond donors (Lipinski definition) is 1. The third-order valence-electron chi connectivity index (χ3n) is 2.62. The van der Waals surface area contributed by atoms with Crippen LogP contribution in [0.5, 0.6) is 0 Å². The zero-order valence-electron chi connectivity index (χ0n) is 10.4. The Morgan fingerprint density at radius 1 is 1.56 bits per heavy atom. The lowest BCUT2D eigenvalue weighted by atomic mass is 10.0. The Bertz CT molecular complexity index is 280. The summed E-state index contributed by atoms with van der Waals surface area (Å²) >= 11 is 0. The van der Waals surface area contributed by atoms with Gasteiger partial charge >= 0.3 is 6.09 Å². The maximum atomic E-state index is 11.6. The van der Waals surface area contributed by atoms with Crippen LogP contribution in [0.4, 0.5) is 4.79 Å². The van der Waals surface area contributed by atoms with Gasteiger partial charge in [-0.25, -0.2) is 4.79 Å². The molecule has 92 valence electrons. The van der Waals surface area contributed by atoms with Crippen molar-refractivity contribution in [3.63, 3.8) is 0 Å². The first-order chi connectivity index (χ1) is 7.35. The Balaban J connectivity index is 2.57. The third kappa shape index (κ3) is 3.23. The topological polar surface area (TPSA) is 49.8 Å². The second-order valence-electron chi connectivity index (χ2n) is 5.13. The summed E-state index contributed by atoms with van der Waals surface area (Å²) in [6, 6.07) is -0.181. The number of hydrogen-bond acceptors (Lipinski definition) is 3. The van der Waals surface area contributed by atoms with Gasteiger partial charge in [0.05, 0.1) is 6.04 Å². The van der Waals surface area contributed by atoms with Gasteiger partial charge in [-0.15, -0.1) is 0 Å². The predicted molar refractivity (Wildman–Crippen MR) is 61.2 cm³/mol. The highest BCUT2D eigenvalue weighted by molar-refractivity contribution is 5.67. The maximum Gasteiger partial charge on any atom is 0.434 e. The normalized spacial score (nSPS) is 24.6. The molecule has 0 aliphatic heterocycles. The van der Waals surface area contributed by atoms with Crippen molar-refractivity contribution < 1.29 is 14.7 Å². The quantitative estimate of drug-likeness (QED) is 0.448. The van der Waals surface area contributed by atoms with E-state index in [9.17, 15) is 10.0 Å². The summed E-state index contributed by atoms with van der Waals surface area (Å²) in [5, 5.41) is 10.5. The van der Waals surface area contributed by atoms with Gasteiger partial charge in [-0.2, -0.15) is 5.06 Å². The SMILES string of the molecule is CC[C@@H]1C=CC[C@H]1N(O)C(=O)OC(C)(C)C. The van der Waals surface area contributed by atoms with E-state index in [0.717, 1.165) is 11.5 Å². The van der Waals surface area contributed by atoms with E-state index >= 15 is 0 Å². The number of ether oxygens (including phenoxy) is 1. The molecule has 0 bridgehead atoms. The standard InChI is InChI=1S/C12H21NO3/c1-5-9-7-6-8-10(9)13(15)11(14)16-12(2,3)4/h6-7,9-10,15H,5,8H2,1-4H3/t9-,10-/m1/s1. The second kappa shape index (κ2) is 4.87. The first-order valence-corrected chi connectivity index (χ1v) is 5.73. The lowest BCUT2D eigenvalue weighted by molar-refractivity contribution is -0.125. The summed E-state index contributed by atoms with van der Waals surface area (Å²) < 4.78 is 5.11. The molecule has 1 rings (SSSR count). The van der Waals surface area contributed by atoms with Gasteiger partial charge in [-0.1, -0.05) is 19.1 Å². The molecule has 4 nitrogen and oxygen atoms in total. The molecule has 0 aromatic carbocycles. The fraction of sp³-hybridized carbons (Fsp3) is 0.750. The second-order valence-corrected chi connectivity index (χ2v) is 5.13. The van der Waals surface area contributed by atoms with Crippen LogP contribution in [-0.4, -0.2) is 28.0 Å². The Kier molecular flexibility index (Phi) is 3.97. The molecule has 1 aliphatic rings. The van der Waals surface area contributed by atoms with Gasteiger partial charge in [0, 0.05) is 0 Å². The van der Waals surface area contributed by atoms with E-state index in [-0.39, 0.29) is 12.0 Å². The van der Waals surface area contributed by atoms with Crippen molar-refractivity contribution in [1.82, 2.24) is 5.06 Å². The molecule has 0 heterocycles. The molecule has 0 radical (unpaired) electrons. The third-order valence-corrected chi connectivity index (χ3v) is 2.62. The number of rotatable bonds is 2. The molecule has 1 amide bonds. The number of carbonyl (C=O) groups is 1. The Morgan fingerprint density at radius 2 is 2.19 bits per heavy atom. The molecule has 0 unspecified atom stereocenters. The zero-order chi connectivity index (χ0) is 12.3. The van der Waals surface area contributed by atoms with E-state index in [0.29, 0.717) is 6.42 Å². The van der Waals surface area contributed by atoms with Gasteiger partial charge in [0.15, 0.2) is 0 Å². The molecule has 1 aliphatic carbocycles. The van der Waals surface area contributed by atoms with Crippen molar-refractivity contribution in [2.75, 3.05) is 0 Å². The fourth-order valence-corrected chi connectivity index (χ4v) is 1.83. The molecule has 0 aromatic rings. The zero-order valence-corrected chi connectivity index (χ0v) is 10.4. The first-order valence-electron chi connectivity index (χ1n) is 5.73. The molecular formula is C12H21NO3. The molecule has 0 fully saturated rings. The average Bonchev–Trinajstić information content (AvgIpc) is 2.61. The van der Waals surface area contributed by atoms with Crippen molar-refractivity contribution >= 4 is 6.09 Å². The van der Waals surface area contributed by atoms with Gasteiger partial charge in [0.2, 0.25) is 0 Å². The minimum atomic E-state index is -0.667. The van der Waals surface area contributed by atoms with Crippen molar-refractivity contribution in [2.24, 2.45) is 5.92 Å². The van der Waals surface area contributed by atoms with Gasteiger partial charge in [0.25, 0.3) is 0 Å². The summed E-state index contributed by atoms with van der Waals surface area (Å²) in [7, 11) is 0. The van der Waals surface area contributed by atoms with E-state index in [4.69, 9.17) is 4.74 Å². The molecule has 1 N–H and O–H groups in total. The largest absolute Gasteiger partial charge is 0.442 e. The molecule has 0 saturated heterocycles. The van der Waals surface area contributed by atoms with E-state index < -0.39 is 11.7 Å². The number of carbonyl (C=O) groups excluding carboxylic acids is 1. The van der Waals surface area contributed by atoms with Crippen molar-refractivity contribution in [2.45, 2.75) is 52.2 Å². The lowest BCUT2D eigenvalue weighted by Gasteiger charge is -2.29. The Morgan fingerprint density at radius 3 is 2.69 bits per heavy atom. The number of amides is 1. The van der Waals surface area contributed by atoms with Gasteiger partial charge in [-0.3, -0.25) is 5.21 Å². The highest BCUT2D eigenvalue weighted by atomic mass is 16.6. The van der Waals surface area contributed by atoms with Crippen LogP contribution in [0.1, 0.15) is 40.5 Å². The van der Waals surface area contributed by atoms with E-state index in [1.165, 1.54) is 0 Å². The highest BCUT2D eigenvalue weighted by Gasteiger charge is 2.32. The Labute approximate surface area is 96.8 Å². The van der Waals surface area contributed by atoms with Crippen LogP contribution in [-0.2, 0) is 4.74 Å². The molecule has 0 spiro atoms. The summed E-state index contributed by atoms with van der Waals surface area (Å²) in [5.74, 6) is 0.220. The highest BCUT2D eigenvalue weighted by Crippen LogP contribution is 2.26. The molecule has 16 heavy (non-hydrogen) atoms. The summed E-state index contributed by atoms with van der Waals surface area (Å²) in [6.45, 7) is 7.38. The Hall–Kier alpha value is -1.03. The molecule has 0 aromatic heterocycles. The average molecular weight is 227 g/mol. The van der Waals surface area contributed by atoms with Crippen LogP contribution in [0.3, 0.4) is 0 Å². The number of hydroxylamine groups is 2.